The second-order valence-electron chi connectivity index (χ2n) is 2.41. The highest BCUT2D eigenvalue weighted by Gasteiger charge is 2.00. The molecule has 0 fully saturated rings. The quantitative estimate of drug-likeness (QED) is 0.601. The van der Waals surface area contributed by atoms with Gasteiger partial charge in [0.2, 0.25) is 0 Å². The Balaban J connectivity index is 2.86. The predicted molar refractivity (Wildman–Crippen MR) is 44.3 cm³/mol. The molecule has 0 spiro atoms. The Kier molecular flexibility index (Phi) is 1.36. The zero-order valence-electron chi connectivity index (χ0n) is 6.52. The lowest BCUT2D eigenvalue weighted by Crippen LogP contribution is -1.97. The maximum absolute atomic E-state index is 5.58. The highest BCUT2D eigenvalue weighted by atomic mass is 15.0. The first-order chi connectivity index (χ1) is 5.77. The molecule has 5 heteroatoms. The third-order valence-corrected chi connectivity index (χ3v) is 1.54. The fraction of sp³-hybridized carbons (Fsp3) is 0.143. The number of aromatic nitrogens is 4. The molecule has 5 nitrogen and oxygen atoms in total. The van der Waals surface area contributed by atoms with Gasteiger partial charge in [0.25, 0.3) is 0 Å². The second kappa shape index (κ2) is 2.37. The zero-order valence-corrected chi connectivity index (χ0v) is 6.52. The normalized spacial score (nSPS) is 10.4. The van der Waals surface area contributed by atoms with E-state index in [0.29, 0.717) is 22.7 Å². The minimum Gasteiger partial charge on any atom is -0.383 e. The monoisotopic (exact) mass is 161 g/mol. The summed E-state index contributed by atoms with van der Waals surface area (Å²) in [5.74, 6) is 1.10. The molecule has 2 heterocycles. The average Bonchev–Trinajstić information content (AvgIpc) is 2.04. The molecule has 0 saturated carbocycles. The van der Waals surface area contributed by atoms with Crippen molar-refractivity contribution in [3.05, 3.63) is 18.3 Å². The topological polar surface area (TPSA) is 77.6 Å². The summed E-state index contributed by atoms with van der Waals surface area (Å²) in [6.45, 7) is 1.80. The molecule has 0 aliphatic carbocycles. The van der Waals surface area contributed by atoms with Gasteiger partial charge in [-0.2, -0.15) is 0 Å². The summed E-state index contributed by atoms with van der Waals surface area (Å²) in [6, 6.07) is 0. The number of anilines is 1. The summed E-state index contributed by atoms with van der Waals surface area (Å²) in [5, 5.41) is 0.697. The van der Waals surface area contributed by atoms with E-state index in [1.165, 1.54) is 6.33 Å². The fourth-order valence-corrected chi connectivity index (χ4v) is 0.952. The van der Waals surface area contributed by atoms with Gasteiger partial charge in [-0.1, -0.05) is 0 Å². The van der Waals surface area contributed by atoms with Crippen LogP contribution in [0.2, 0.25) is 0 Å². The first-order valence-electron chi connectivity index (χ1n) is 3.47. The highest BCUT2D eigenvalue weighted by Crippen LogP contribution is 2.11. The zero-order chi connectivity index (χ0) is 8.55. The molecule has 2 aromatic rings. The summed E-state index contributed by atoms with van der Waals surface area (Å²) in [4.78, 5) is 15.9. The van der Waals surface area contributed by atoms with Gasteiger partial charge in [0.1, 0.15) is 18.0 Å². The Labute approximate surface area is 68.7 Å². The molecule has 0 radical (unpaired) electrons. The van der Waals surface area contributed by atoms with E-state index in [-0.39, 0.29) is 0 Å². The van der Waals surface area contributed by atoms with Crippen LogP contribution < -0.4 is 5.73 Å². The van der Waals surface area contributed by atoms with Gasteiger partial charge in [0.05, 0.1) is 5.39 Å². The maximum Gasteiger partial charge on any atom is 0.168 e. The molecule has 0 bridgehead atoms. The minimum absolute atomic E-state index is 0.417. The number of fused-ring (bicyclic) bond motifs is 1. The maximum atomic E-state index is 5.58. The predicted octanol–water partition coefficient (Wildman–Crippen LogP) is 0.310. The first-order valence-corrected chi connectivity index (χ1v) is 3.47. The van der Waals surface area contributed by atoms with Crippen LogP contribution in [-0.4, -0.2) is 19.9 Å². The molecule has 0 aliphatic heterocycles. The average molecular weight is 161 g/mol. The summed E-state index contributed by atoms with van der Waals surface area (Å²) in [7, 11) is 0. The van der Waals surface area contributed by atoms with E-state index in [4.69, 9.17) is 5.73 Å². The van der Waals surface area contributed by atoms with E-state index in [2.05, 4.69) is 19.9 Å². The molecule has 0 saturated heterocycles. The molecule has 2 aromatic heterocycles. The molecule has 60 valence electrons. The van der Waals surface area contributed by atoms with Gasteiger partial charge in [0, 0.05) is 6.20 Å². The fourth-order valence-electron chi connectivity index (χ4n) is 0.952. The van der Waals surface area contributed by atoms with Crippen LogP contribution in [0.15, 0.2) is 12.5 Å². The number of nitrogens with two attached hydrogens (primary N) is 1. The van der Waals surface area contributed by atoms with E-state index >= 15 is 0 Å². The Bertz CT molecular complexity index is 425. The van der Waals surface area contributed by atoms with Crippen LogP contribution in [0.5, 0.6) is 0 Å². The SMILES string of the molecule is Cc1ncc2c(N)ncnc2n1. The van der Waals surface area contributed by atoms with Crippen molar-refractivity contribution in [1.82, 2.24) is 19.9 Å². The Hall–Kier alpha value is -1.78. The van der Waals surface area contributed by atoms with Crippen molar-refractivity contribution < 1.29 is 0 Å². The first kappa shape index (κ1) is 6.90. The van der Waals surface area contributed by atoms with Gasteiger partial charge >= 0.3 is 0 Å². The van der Waals surface area contributed by atoms with Gasteiger partial charge in [-0.25, -0.2) is 19.9 Å². The lowest BCUT2D eigenvalue weighted by Gasteiger charge is -1.97. The van der Waals surface area contributed by atoms with Gasteiger partial charge in [0.15, 0.2) is 5.65 Å². The van der Waals surface area contributed by atoms with Gasteiger partial charge in [-0.05, 0) is 6.92 Å². The van der Waals surface area contributed by atoms with Crippen molar-refractivity contribution in [2.24, 2.45) is 0 Å². The smallest absolute Gasteiger partial charge is 0.168 e. The van der Waals surface area contributed by atoms with Crippen molar-refractivity contribution in [3.8, 4) is 0 Å². The molecular weight excluding hydrogens is 154 g/mol. The van der Waals surface area contributed by atoms with E-state index in [9.17, 15) is 0 Å². The molecule has 0 atom stereocenters. The molecule has 2 rings (SSSR count). The van der Waals surface area contributed by atoms with Gasteiger partial charge < -0.3 is 5.73 Å². The molecule has 0 unspecified atom stereocenters. The van der Waals surface area contributed by atoms with E-state index in [1.54, 1.807) is 13.1 Å². The van der Waals surface area contributed by atoms with E-state index in [0.717, 1.165) is 0 Å². The standard InChI is InChI=1S/C7H7N5/c1-4-9-2-5-6(8)10-3-11-7(5)12-4/h2-3H,1H3,(H2,8,9,10,11,12). The minimum atomic E-state index is 0.417. The summed E-state index contributed by atoms with van der Waals surface area (Å²) in [5.41, 5.74) is 6.17. The van der Waals surface area contributed by atoms with Crippen LogP contribution in [0, 0.1) is 6.92 Å². The van der Waals surface area contributed by atoms with Crippen LogP contribution >= 0.6 is 0 Å². The number of nitrogens with zero attached hydrogens (tertiary/aromatic N) is 4. The lowest BCUT2D eigenvalue weighted by molar-refractivity contribution is 1.06. The van der Waals surface area contributed by atoms with Crippen molar-refractivity contribution >= 4 is 16.9 Å². The van der Waals surface area contributed by atoms with Gasteiger partial charge in [-0.3, -0.25) is 0 Å². The number of aryl methyl sites for hydroxylation is 1. The molecule has 0 aliphatic rings. The van der Waals surface area contributed by atoms with Crippen molar-refractivity contribution in [3.63, 3.8) is 0 Å². The van der Waals surface area contributed by atoms with Crippen LogP contribution in [0.1, 0.15) is 5.82 Å². The van der Waals surface area contributed by atoms with Crippen LogP contribution in [-0.2, 0) is 0 Å². The summed E-state index contributed by atoms with van der Waals surface area (Å²) in [6.07, 6.45) is 3.02. The number of hydrogen-bond acceptors (Lipinski definition) is 5. The lowest BCUT2D eigenvalue weighted by atomic mass is 10.4. The molecule has 0 amide bonds. The summed E-state index contributed by atoms with van der Waals surface area (Å²) >= 11 is 0. The van der Waals surface area contributed by atoms with Gasteiger partial charge in [-0.15, -0.1) is 0 Å². The largest absolute Gasteiger partial charge is 0.383 e. The number of rotatable bonds is 0. The van der Waals surface area contributed by atoms with E-state index < -0.39 is 0 Å². The van der Waals surface area contributed by atoms with E-state index in [1.807, 2.05) is 0 Å². The Morgan fingerprint density at radius 2 is 2.08 bits per heavy atom. The Morgan fingerprint density at radius 3 is 2.92 bits per heavy atom. The molecule has 12 heavy (non-hydrogen) atoms. The van der Waals surface area contributed by atoms with Crippen molar-refractivity contribution in [2.75, 3.05) is 5.73 Å². The molecule has 2 N–H and O–H groups in total. The van der Waals surface area contributed by atoms with Crippen LogP contribution in [0.3, 0.4) is 0 Å². The molecular formula is C7H7N5. The summed E-state index contributed by atoms with van der Waals surface area (Å²) < 4.78 is 0. The van der Waals surface area contributed by atoms with Crippen LogP contribution in [0.4, 0.5) is 5.82 Å². The number of nitrogen functional groups attached to an aromatic ring is 1. The van der Waals surface area contributed by atoms with Crippen molar-refractivity contribution in [2.45, 2.75) is 6.92 Å². The third-order valence-electron chi connectivity index (χ3n) is 1.54. The number of hydrogen-bond donors (Lipinski definition) is 1. The second-order valence-corrected chi connectivity index (χ2v) is 2.41. The van der Waals surface area contributed by atoms with Crippen LogP contribution in [0.25, 0.3) is 11.0 Å². The Morgan fingerprint density at radius 1 is 1.25 bits per heavy atom. The van der Waals surface area contributed by atoms with Crippen molar-refractivity contribution in [1.29, 1.82) is 0 Å². The molecule has 0 aromatic carbocycles. The third kappa shape index (κ3) is 0.952. The highest BCUT2D eigenvalue weighted by molar-refractivity contribution is 5.83.